The quantitative estimate of drug-likeness (QED) is 0.612. The maximum Gasteiger partial charge on any atom is 0.251 e. The molecule has 1 aromatic heterocycles. The van der Waals surface area contributed by atoms with Crippen LogP contribution in [-0.2, 0) is 19.1 Å². The number of thiazole rings is 1. The molecule has 0 bridgehead atoms. The maximum atomic E-state index is 11.8. The van der Waals surface area contributed by atoms with Gasteiger partial charge in [-0.25, -0.2) is 4.98 Å². The highest BCUT2D eigenvalue weighted by Gasteiger charge is 2.10. The van der Waals surface area contributed by atoms with Crippen molar-refractivity contribution >= 4 is 52.2 Å². The minimum Gasteiger partial charge on any atom is -0.383 e. The first-order valence-electron chi connectivity index (χ1n) is 7.53. The number of aromatic nitrogens is 1. The standard InChI is InChI=1S/C16H17Cl2N3O4S/c1-24-5-4-19-14(22)7-25-8-15(23)20-13-9-26-16(21-13)10-2-3-11(17)12(18)6-10/h2-3,6,9H,4-5,7-8H2,1H3,(H,19,22)(H,20,23). The number of amides is 2. The molecule has 10 heteroatoms. The van der Waals surface area contributed by atoms with Crippen molar-refractivity contribution in [1.82, 2.24) is 10.3 Å². The highest BCUT2D eigenvalue weighted by molar-refractivity contribution is 7.13. The average molecular weight is 418 g/mol. The first-order valence-corrected chi connectivity index (χ1v) is 9.17. The molecule has 0 atom stereocenters. The molecule has 0 saturated carbocycles. The third-order valence-electron chi connectivity index (χ3n) is 3.03. The number of rotatable bonds is 9. The van der Waals surface area contributed by atoms with Crippen molar-refractivity contribution in [2.45, 2.75) is 0 Å². The predicted molar refractivity (Wildman–Crippen MR) is 102 cm³/mol. The molecular weight excluding hydrogens is 401 g/mol. The number of hydrogen-bond acceptors (Lipinski definition) is 6. The summed E-state index contributed by atoms with van der Waals surface area (Å²) in [6, 6.07) is 5.19. The van der Waals surface area contributed by atoms with Crippen molar-refractivity contribution in [1.29, 1.82) is 0 Å². The molecule has 2 amide bonds. The molecule has 1 heterocycles. The van der Waals surface area contributed by atoms with Gasteiger partial charge in [0, 0.05) is 24.6 Å². The first-order chi connectivity index (χ1) is 12.5. The van der Waals surface area contributed by atoms with Gasteiger partial charge in [-0.2, -0.15) is 0 Å². The van der Waals surface area contributed by atoms with Gasteiger partial charge in [-0.3, -0.25) is 9.59 Å². The van der Waals surface area contributed by atoms with E-state index in [1.807, 2.05) is 0 Å². The molecular formula is C16H17Cl2N3O4S. The van der Waals surface area contributed by atoms with Gasteiger partial charge in [0.2, 0.25) is 5.91 Å². The largest absolute Gasteiger partial charge is 0.383 e. The highest BCUT2D eigenvalue weighted by atomic mass is 35.5. The Morgan fingerprint density at radius 3 is 2.69 bits per heavy atom. The van der Waals surface area contributed by atoms with Gasteiger partial charge >= 0.3 is 0 Å². The molecule has 7 nitrogen and oxygen atoms in total. The van der Waals surface area contributed by atoms with Crippen LogP contribution in [0.4, 0.5) is 5.82 Å². The number of nitrogens with zero attached hydrogens (tertiary/aromatic N) is 1. The van der Waals surface area contributed by atoms with Crippen molar-refractivity contribution in [3.05, 3.63) is 33.6 Å². The van der Waals surface area contributed by atoms with Gasteiger partial charge < -0.3 is 20.1 Å². The van der Waals surface area contributed by atoms with Gasteiger partial charge in [0.25, 0.3) is 5.91 Å². The molecule has 140 valence electrons. The van der Waals surface area contributed by atoms with Crippen molar-refractivity contribution in [3.63, 3.8) is 0 Å². The number of halogens is 2. The van der Waals surface area contributed by atoms with Crippen LogP contribution in [0.25, 0.3) is 10.6 Å². The summed E-state index contributed by atoms with van der Waals surface area (Å²) in [7, 11) is 1.54. The van der Waals surface area contributed by atoms with Crippen molar-refractivity contribution in [2.75, 3.05) is 38.8 Å². The fraction of sp³-hybridized carbons (Fsp3) is 0.312. The molecule has 0 spiro atoms. The summed E-state index contributed by atoms with van der Waals surface area (Å²) in [5.74, 6) is -0.319. The number of anilines is 1. The lowest BCUT2D eigenvalue weighted by molar-refractivity contribution is -0.128. The molecule has 26 heavy (non-hydrogen) atoms. The second kappa shape index (κ2) is 10.4. The summed E-state index contributed by atoms with van der Waals surface area (Å²) in [6.07, 6.45) is 0. The number of nitrogens with one attached hydrogen (secondary N) is 2. The van der Waals surface area contributed by atoms with E-state index in [1.165, 1.54) is 11.3 Å². The molecule has 0 fully saturated rings. The van der Waals surface area contributed by atoms with Gasteiger partial charge in [0.15, 0.2) is 0 Å². The summed E-state index contributed by atoms with van der Waals surface area (Å²) in [5.41, 5.74) is 0.800. The van der Waals surface area contributed by atoms with E-state index in [1.54, 1.807) is 30.7 Å². The molecule has 0 aliphatic rings. The third-order valence-corrected chi connectivity index (χ3v) is 4.66. The second-order valence-corrected chi connectivity index (χ2v) is 6.72. The molecule has 2 aromatic rings. The lowest BCUT2D eigenvalue weighted by Gasteiger charge is -2.05. The van der Waals surface area contributed by atoms with E-state index >= 15 is 0 Å². The van der Waals surface area contributed by atoms with Crippen molar-refractivity contribution in [2.24, 2.45) is 0 Å². The lowest BCUT2D eigenvalue weighted by atomic mass is 10.2. The third kappa shape index (κ3) is 6.54. The Morgan fingerprint density at radius 2 is 1.96 bits per heavy atom. The SMILES string of the molecule is COCCNC(=O)COCC(=O)Nc1csc(-c2ccc(Cl)c(Cl)c2)n1. The van der Waals surface area contributed by atoms with E-state index in [0.717, 1.165) is 5.56 Å². The zero-order valence-electron chi connectivity index (χ0n) is 13.9. The van der Waals surface area contributed by atoms with Crippen LogP contribution in [0, 0.1) is 0 Å². The Balaban J connectivity index is 1.78. The van der Waals surface area contributed by atoms with Crippen LogP contribution in [0.5, 0.6) is 0 Å². The van der Waals surface area contributed by atoms with Gasteiger partial charge in [0.05, 0.1) is 16.7 Å². The number of ether oxygens (including phenoxy) is 2. The zero-order valence-corrected chi connectivity index (χ0v) is 16.2. The molecule has 2 N–H and O–H groups in total. The van der Waals surface area contributed by atoms with Crippen LogP contribution in [0.3, 0.4) is 0 Å². The Hall–Kier alpha value is -1.71. The summed E-state index contributed by atoms with van der Waals surface area (Å²) < 4.78 is 9.87. The lowest BCUT2D eigenvalue weighted by Crippen LogP contribution is -2.31. The Labute approximate surface area is 164 Å². The van der Waals surface area contributed by atoms with Gasteiger partial charge in [-0.15, -0.1) is 11.3 Å². The minimum atomic E-state index is -0.402. The number of carbonyl (C=O) groups is 2. The van der Waals surface area contributed by atoms with E-state index < -0.39 is 5.91 Å². The molecule has 1 aromatic carbocycles. The monoisotopic (exact) mass is 417 g/mol. The average Bonchev–Trinajstić information content (AvgIpc) is 3.06. The summed E-state index contributed by atoms with van der Waals surface area (Å²) in [5, 5.41) is 8.48. The van der Waals surface area contributed by atoms with Crippen molar-refractivity contribution < 1.29 is 19.1 Å². The van der Waals surface area contributed by atoms with Crippen molar-refractivity contribution in [3.8, 4) is 10.6 Å². The number of benzene rings is 1. The highest BCUT2D eigenvalue weighted by Crippen LogP contribution is 2.31. The van der Waals surface area contributed by atoms with E-state index in [4.69, 9.17) is 32.7 Å². The summed E-state index contributed by atoms with van der Waals surface area (Å²) >= 11 is 13.2. The van der Waals surface area contributed by atoms with Gasteiger partial charge in [-0.1, -0.05) is 29.3 Å². The smallest absolute Gasteiger partial charge is 0.251 e. The van der Waals surface area contributed by atoms with Crippen LogP contribution in [-0.4, -0.2) is 50.3 Å². The molecule has 2 rings (SSSR count). The molecule has 0 radical (unpaired) electrons. The number of methoxy groups -OCH3 is 1. The molecule has 0 unspecified atom stereocenters. The van der Waals surface area contributed by atoms with Crippen LogP contribution in [0.15, 0.2) is 23.6 Å². The fourth-order valence-electron chi connectivity index (χ4n) is 1.85. The topological polar surface area (TPSA) is 89.5 Å². The zero-order chi connectivity index (χ0) is 18.9. The normalized spacial score (nSPS) is 10.6. The van der Waals surface area contributed by atoms with Crippen LogP contribution < -0.4 is 10.6 Å². The Morgan fingerprint density at radius 1 is 1.19 bits per heavy atom. The number of carbonyl (C=O) groups excluding carboxylic acids is 2. The maximum absolute atomic E-state index is 11.8. The molecule has 0 saturated heterocycles. The van der Waals surface area contributed by atoms with E-state index in [9.17, 15) is 9.59 Å². The Bertz CT molecular complexity index is 770. The fourth-order valence-corrected chi connectivity index (χ4v) is 2.90. The van der Waals surface area contributed by atoms with Gasteiger partial charge in [0.1, 0.15) is 24.0 Å². The summed E-state index contributed by atoms with van der Waals surface area (Å²) in [6.45, 7) is 0.346. The molecule has 0 aliphatic heterocycles. The molecule has 0 aliphatic carbocycles. The Kier molecular flexibility index (Phi) is 8.27. The van der Waals surface area contributed by atoms with E-state index in [0.29, 0.717) is 34.0 Å². The summed E-state index contributed by atoms with van der Waals surface area (Å²) in [4.78, 5) is 27.6. The number of hydrogen-bond donors (Lipinski definition) is 2. The second-order valence-electron chi connectivity index (χ2n) is 5.05. The van der Waals surface area contributed by atoms with Crippen LogP contribution >= 0.6 is 34.5 Å². The predicted octanol–water partition coefficient (Wildman–Crippen LogP) is 2.83. The minimum absolute atomic E-state index is 0.206. The van der Waals surface area contributed by atoms with Gasteiger partial charge in [-0.05, 0) is 12.1 Å². The van der Waals surface area contributed by atoms with Crippen LogP contribution in [0.2, 0.25) is 10.0 Å². The van der Waals surface area contributed by atoms with E-state index in [-0.39, 0.29) is 19.1 Å². The van der Waals surface area contributed by atoms with Crippen LogP contribution in [0.1, 0.15) is 0 Å². The first kappa shape index (κ1) is 20.6. The van der Waals surface area contributed by atoms with E-state index in [2.05, 4.69) is 15.6 Å².